The number of furan rings is 1. The average Bonchev–Trinajstić information content (AvgIpc) is 3.17. The van der Waals surface area contributed by atoms with Crippen molar-refractivity contribution in [1.29, 1.82) is 0 Å². The number of nitrogens with one attached hydrogen (secondary N) is 2. The molecule has 6 heteroatoms. The van der Waals surface area contributed by atoms with Crippen LogP contribution in [0.3, 0.4) is 0 Å². The number of hydrogen-bond acceptors (Lipinski definition) is 4. The van der Waals surface area contributed by atoms with E-state index in [1.807, 2.05) is 12.1 Å². The van der Waals surface area contributed by atoms with E-state index < -0.39 is 0 Å². The summed E-state index contributed by atoms with van der Waals surface area (Å²) in [5, 5.41) is 5.04. The van der Waals surface area contributed by atoms with Crippen molar-refractivity contribution >= 4 is 29.5 Å². The number of imide groups is 1. The SMILES string of the molecule is O=C(/C=C\c1ccco1)Nc1ccc(C[C@@H]2CC(=O)NC2=O)cc1. The zero-order valence-electron chi connectivity index (χ0n) is 12.8. The van der Waals surface area contributed by atoms with Crippen molar-refractivity contribution < 1.29 is 18.8 Å². The average molecular weight is 324 g/mol. The highest BCUT2D eigenvalue weighted by atomic mass is 16.3. The lowest BCUT2D eigenvalue weighted by atomic mass is 9.98. The first-order valence-electron chi connectivity index (χ1n) is 7.55. The van der Waals surface area contributed by atoms with E-state index in [1.54, 1.807) is 30.3 Å². The van der Waals surface area contributed by atoms with Crippen LogP contribution >= 0.6 is 0 Å². The van der Waals surface area contributed by atoms with Crippen LogP contribution in [-0.4, -0.2) is 17.7 Å². The highest BCUT2D eigenvalue weighted by molar-refractivity contribution is 6.03. The summed E-state index contributed by atoms with van der Waals surface area (Å²) in [5.41, 5.74) is 1.59. The molecular formula is C18H16N2O4. The molecule has 0 bridgehead atoms. The number of rotatable bonds is 5. The van der Waals surface area contributed by atoms with Crippen LogP contribution in [0, 0.1) is 5.92 Å². The summed E-state index contributed by atoms with van der Waals surface area (Å²) >= 11 is 0. The molecule has 1 aromatic carbocycles. The Balaban J connectivity index is 1.55. The van der Waals surface area contributed by atoms with Gasteiger partial charge in [-0.05, 0) is 42.3 Å². The van der Waals surface area contributed by atoms with Gasteiger partial charge in [-0.25, -0.2) is 0 Å². The fraction of sp³-hybridized carbons (Fsp3) is 0.167. The molecule has 1 aromatic heterocycles. The predicted molar refractivity (Wildman–Crippen MR) is 87.8 cm³/mol. The Labute approximate surface area is 138 Å². The van der Waals surface area contributed by atoms with E-state index in [4.69, 9.17) is 4.42 Å². The summed E-state index contributed by atoms with van der Waals surface area (Å²) in [5.74, 6) is -0.420. The van der Waals surface area contributed by atoms with Crippen LogP contribution in [0.1, 0.15) is 17.7 Å². The van der Waals surface area contributed by atoms with E-state index in [1.165, 1.54) is 12.3 Å². The molecule has 0 spiro atoms. The Bertz CT molecular complexity index is 776. The summed E-state index contributed by atoms with van der Waals surface area (Å²) in [6, 6.07) is 10.7. The Morgan fingerprint density at radius 2 is 2.04 bits per heavy atom. The maximum atomic E-state index is 11.8. The molecule has 0 aliphatic carbocycles. The van der Waals surface area contributed by atoms with Crippen LogP contribution in [0.2, 0.25) is 0 Å². The molecule has 1 atom stereocenters. The lowest BCUT2D eigenvalue weighted by Crippen LogP contribution is -2.22. The van der Waals surface area contributed by atoms with Gasteiger partial charge >= 0.3 is 0 Å². The maximum absolute atomic E-state index is 11.8. The van der Waals surface area contributed by atoms with Crippen molar-refractivity contribution in [2.24, 2.45) is 5.92 Å². The third-order valence-electron chi connectivity index (χ3n) is 3.71. The molecule has 3 rings (SSSR count). The Morgan fingerprint density at radius 1 is 1.25 bits per heavy atom. The first kappa shape index (κ1) is 15.7. The van der Waals surface area contributed by atoms with Crippen molar-refractivity contribution in [3.05, 3.63) is 60.1 Å². The van der Waals surface area contributed by atoms with Crippen molar-refractivity contribution in [3.63, 3.8) is 0 Å². The fourth-order valence-corrected chi connectivity index (χ4v) is 2.51. The smallest absolute Gasteiger partial charge is 0.248 e. The molecule has 2 N–H and O–H groups in total. The van der Waals surface area contributed by atoms with Gasteiger partial charge in [0.15, 0.2) is 0 Å². The lowest BCUT2D eigenvalue weighted by Gasteiger charge is -2.07. The van der Waals surface area contributed by atoms with E-state index >= 15 is 0 Å². The second-order valence-electron chi connectivity index (χ2n) is 5.55. The second-order valence-corrected chi connectivity index (χ2v) is 5.55. The summed E-state index contributed by atoms with van der Waals surface area (Å²) in [4.78, 5) is 34.6. The first-order chi connectivity index (χ1) is 11.6. The zero-order chi connectivity index (χ0) is 16.9. The third kappa shape index (κ3) is 3.98. The highest BCUT2D eigenvalue weighted by Gasteiger charge is 2.30. The summed E-state index contributed by atoms with van der Waals surface area (Å²) in [6.45, 7) is 0. The molecule has 2 heterocycles. The van der Waals surface area contributed by atoms with E-state index in [9.17, 15) is 14.4 Å². The van der Waals surface area contributed by atoms with Crippen LogP contribution in [-0.2, 0) is 20.8 Å². The molecule has 1 aliphatic rings. The molecule has 122 valence electrons. The maximum Gasteiger partial charge on any atom is 0.248 e. The predicted octanol–water partition coefficient (Wildman–Crippen LogP) is 2.14. The molecule has 6 nitrogen and oxygen atoms in total. The molecule has 2 aromatic rings. The molecule has 0 unspecified atom stereocenters. The minimum absolute atomic E-state index is 0.222. The number of carbonyl (C=O) groups excluding carboxylic acids is 3. The minimum atomic E-state index is -0.311. The molecule has 0 saturated carbocycles. The molecule has 1 fully saturated rings. The minimum Gasteiger partial charge on any atom is -0.465 e. The zero-order valence-corrected chi connectivity index (χ0v) is 12.8. The number of amides is 3. The van der Waals surface area contributed by atoms with Gasteiger partial charge in [-0.15, -0.1) is 0 Å². The Kier molecular flexibility index (Phi) is 4.56. The molecule has 24 heavy (non-hydrogen) atoms. The van der Waals surface area contributed by atoms with Crippen molar-refractivity contribution in [2.45, 2.75) is 12.8 Å². The largest absolute Gasteiger partial charge is 0.465 e. The van der Waals surface area contributed by atoms with Gasteiger partial charge in [-0.1, -0.05) is 12.1 Å². The third-order valence-corrected chi connectivity index (χ3v) is 3.71. The van der Waals surface area contributed by atoms with Crippen molar-refractivity contribution in [3.8, 4) is 0 Å². The highest BCUT2D eigenvalue weighted by Crippen LogP contribution is 2.19. The monoisotopic (exact) mass is 324 g/mol. The van der Waals surface area contributed by atoms with Gasteiger partial charge in [0, 0.05) is 18.2 Å². The topological polar surface area (TPSA) is 88.4 Å². The fourth-order valence-electron chi connectivity index (χ4n) is 2.51. The number of benzene rings is 1. The van der Waals surface area contributed by atoms with E-state index in [0.29, 0.717) is 17.9 Å². The number of carbonyl (C=O) groups is 3. The van der Waals surface area contributed by atoms with Crippen LogP contribution in [0.25, 0.3) is 6.08 Å². The van der Waals surface area contributed by atoms with Crippen LogP contribution in [0.4, 0.5) is 5.69 Å². The standard InChI is InChI=1S/C18H16N2O4/c21-16(8-7-15-2-1-9-24-15)19-14-5-3-12(4-6-14)10-13-11-17(22)20-18(13)23/h1-9,13H,10-11H2,(H,19,21)(H,20,22,23)/b8-7-/t13-/m1/s1. The van der Waals surface area contributed by atoms with E-state index in [2.05, 4.69) is 10.6 Å². The molecular weight excluding hydrogens is 308 g/mol. The van der Waals surface area contributed by atoms with E-state index in [-0.39, 0.29) is 30.1 Å². The van der Waals surface area contributed by atoms with Gasteiger partial charge in [0.25, 0.3) is 0 Å². The van der Waals surface area contributed by atoms with Crippen molar-refractivity contribution in [2.75, 3.05) is 5.32 Å². The Morgan fingerprint density at radius 3 is 2.67 bits per heavy atom. The molecule has 3 amide bonds. The lowest BCUT2D eigenvalue weighted by molar-refractivity contribution is -0.125. The summed E-state index contributed by atoms with van der Waals surface area (Å²) in [7, 11) is 0. The van der Waals surface area contributed by atoms with Gasteiger partial charge in [0.1, 0.15) is 5.76 Å². The normalized spacial score (nSPS) is 17.2. The van der Waals surface area contributed by atoms with Gasteiger partial charge in [-0.3, -0.25) is 19.7 Å². The molecule has 1 aliphatic heterocycles. The second kappa shape index (κ2) is 6.95. The Hall–Kier alpha value is -3.15. The number of hydrogen-bond donors (Lipinski definition) is 2. The summed E-state index contributed by atoms with van der Waals surface area (Å²) < 4.78 is 5.11. The quantitative estimate of drug-likeness (QED) is 0.651. The number of anilines is 1. The van der Waals surface area contributed by atoms with Crippen molar-refractivity contribution in [1.82, 2.24) is 5.32 Å². The summed E-state index contributed by atoms with van der Waals surface area (Å²) in [6.07, 6.45) is 5.24. The van der Waals surface area contributed by atoms with Crippen LogP contribution < -0.4 is 10.6 Å². The van der Waals surface area contributed by atoms with Gasteiger partial charge in [0.2, 0.25) is 17.7 Å². The van der Waals surface area contributed by atoms with Crippen LogP contribution in [0.15, 0.2) is 53.2 Å². The molecule has 0 radical (unpaired) electrons. The van der Waals surface area contributed by atoms with Gasteiger partial charge < -0.3 is 9.73 Å². The molecule has 1 saturated heterocycles. The van der Waals surface area contributed by atoms with E-state index in [0.717, 1.165) is 5.56 Å². The van der Waals surface area contributed by atoms with Gasteiger partial charge in [0.05, 0.1) is 12.2 Å². The van der Waals surface area contributed by atoms with Crippen LogP contribution in [0.5, 0.6) is 0 Å². The van der Waals surface area contributed by atoms with Gasteiger partial charge in [-0.2, -0.15) is 0 Å². The first-order valence-corrected chi connectivity index (χ1v) is 7.55.